The summed E-state index contributed by atoms with van der Waals surface area (Å²) in [6.45, 7) is 0. The third-order valence-electron chi connectivity index (χ3n) is 3.51. The Hall–Kier alpha value is -3.49. The third kappa shape index (κ3) is 3.61. The predicted molar refractivity (Wildman–Crippen MR) is 87.1 cm³/mol. The molecule has 0 aliphatic carbocycles. The number of carboxylic acid groups (broad SMARTS) is 1. The Balaban J connectivity index is 2.04. The number of hydrogen-bond donors (Lipinski definition) is 2. The lowest BCUT2D eigenvalue weighted by Gasteiger charge is -2.14. The van der Waals surface area contributed by atoms with Crippen molar-refractivity contribution < 1.29 is 27.8 Å². The van der Waals surface area contributed by atoms with Crippen molar-refractivity contribution in [1.82, 2.24) is 9.78 Å². The molecule has 0 spiro atoms. The monoisotopic (exact) mass is 363 g/mol. The second kappa shape index (κ2) is 6.43. The molecule has 0 saturated carbocycles. The molecule has 1 aromatic heterocycles. The number of aromatic carboxylic acids is 1. The minimum Gasteiger partial charge on any atom is -0.477 e. The van der Waals surface area contributed by atoms with Gasteiger partial charge < -0.3 is 15.6 Å². The number of carbonyl (C=O) groups is 1. The average molecular weight is 363 g/mol. The molecule has 0 fully saturated rings. The minimum atomic E-state index is -4.82. The number of ether oxygens (including phenoxy) is 1. The van der Waals surface area contributed by atoms with Crippen molar-refractivity contribution in [2.24, 2.45) is 0 Å². The van der Waals surface area contributed by atoms with E-state index in [0.717, 1.165) is 0 Å². The van der Waals surface area contributed by atoms with E-state index >= 15 is 0 Å². The summed E-state index contributed by atoms with van der Waals surface area (Å²) >= 11 is 0. The molecule has 134 valence electrons. The molecule has 3 N–H and O–H groups in total. The Bertz CT molecular complexity index is 967. The van der Waals surface area contributed by atoms with Gasteiger partial charge in [0, 0.05) is 11.8 Å². The topological polar surface area (TPSA) is 90.4 Å². The molecular formula is C17H12F3N3O3. The van der Waals surface area contributed by atoms with Crippen LogP contribution in [0.3, 0.4) is 0 Å². The zero-order chi connectivity index (χ0) is 18.9. The Morgan fingerprint density at radius 1 is 1.15 bits per heavy atom. The molecule has 0 aliphatic heterocycles. The summed E-state index contributed by atoms with van der Waals surface area (Å²) in [6, 6.07) is 12.1. The number of aromatic nitrogens is 2. The minimum absolute atomic E-state index is 0.163. The lowest BCUT2D eigenvalue weighted by molar-refractivity contribution is -0.274. The van der Waals surface area contributed by atoms with E-state index in [1.54, 1.807) is 30.3 Å². The summed E-state index contributed by atoms with van der Waals surface area (Å²) < 4.78 is 43.1. The molecule has 2 aromatic carbocycles. The normalized spacial score (nSPS) is 11.3. The number of nitrogens with two attached hydrogens (primary N) is 1. The van der Waals surface area contributed by atoms with Crippen molar-refractivity contribution in [1.29, 1.82) is 0 Å². The lowest BCUT2D eigenvalue weighted by atomic mass is 10.0. The summed E-state index contributed by atoms with van der Waals surface area (Å²) in [5.41, 5.74) is 6.49. The maximum atomic E-state index is 12.6. The molecule has 26 heavy (non-hydrogen) atoms. The van der Waals surface area contributed by atoms with Crippen LogP contribution in [0.1, 0.15) is 10.4 Å². The number of rotatable bonds is 4. The fourth-order valence-corrected chi connectivity index (χ4v) is 2.42. The number of para-hydroxylation sites is 1. The molecule has 3 aromatic rings. The van der Waals surface area contributed by atoms with Crippen molar-refractivity contribution in [3.63, 3.8) is 0 Å². The van der Waals surface area contributed by atoms with Crippen LogP contribution >= 0.6 is 0 Å². The van der Waals surface area contributed by atoms with Gasteiger partial charge in [0.2, 0.25) is 0 Å². The van der Waals surface area contributed by atoms with E-state index in [4.69, 9.17) is 10.8 Å². The molecule has 3 rings (SSSR count). The van der Waals surface area contributed by atoms with Crippen LogP contribution < -0.4 is 10.5 Å². The van der Waals surface area contributed by atoms with Crippen LogP contribution in [-0.2, 0) is 0 Å². The Morgan fingerprint density at radius 2 is 1.88 bits per heavy atom. The fraction of sp³-hybridized carbons (Fsp3) is 0.0588. The molecule has 1 heterocycles. The number of anilines is 1. The van der Waals surface area contributed by atoms with Gasteiger partial charge in [0.15, 0.2) is 5.82 Å². The fourth-order valence-electron chi connectivity index (χ4n) is 2.42. The van der Waals surface area contributed by atoms with Crippen LogP contribution in [0.5, 0.6) is 5.75 Å². The number of hydrogen-bond acceptors (Lipinski definition) is 4. The molecule has 0 bridgehead atoms. The molecule has 0 radical (unpaired) electrons. The van der Waals surface area contributed by atoms with Crippen LogP contribution in [0.15, 0.2) is 54.7 Å². The van der Waals surface area contributed by atoms with Crippen molar-refractivity contribution in [3.8, 4) is 22.6 Å². The van der Waals surface area contributed by atoms with Gasteiger partial charge >= 0.3 is 12.3 Å². The SMILES string of the molecule is Nc1nn(-c2cccc(-c3ccccc3OC(F)(F)F)c2)cc1C(=O)O. The van der Waals surface area contributed by atoms with Gasteiger partial charge in [0.1, 0.15) is 11.3 Å². The maximum Gasteiger partial charge on any atom is 0.573 e. The highest BCUT2D eigenvalue weighted by Crippen LogP contribution is 2.34. The number of nitrogens with zero attached hydrogens (tertiary/aromatic N) is 2. The van der Waals surface area contributed by atoms with E-state index in [9.17, 15) is 18.0 Å². The van der Waals surface area contributed by atoms with E-state index < -0.39 is 12.3 Å². The second-order valence-electron chi connectivity index (χ2n) is 5.27. The summed E-state index contributed by atoms with van der Waals surface area (Å²) in [5, 5.41) is 13.0. The van der Waals surface area contributed by atoms with Crippen LogP contribution in [0.2, 0.25) is 0 Å². The Morgan fingerprint density at radius 3 is 2.54 bits per heavy atom. The van der Waals surface area contributed by atoms with E-state index in [1.165, 1.54) is 29.1 Å². The highest BCUT2D eigenvalue weighted by molar-refractivity contribution is 5.92. The maximum absolute atomic E-state index is 12.6. The van der Waals surface area contributed by atoms with Crippen molar-refractivity contribution >= 4 is 11.8 Å². The first kappa shape index (κ1) is 17.3. The van der Waals surface area contributed by atoms with Crippen molar-refractivity contribution in [2.45, 2.75) is 6.36 Å². The molecule has 0 unspecified atom stereocenters. The third-order valence-corrected chi connectivity index (χ3v) is 3.51. The molecule has 0 aliphatic rings. The number of halogens is 3. The van der Waals surface area contributed by atoms with Gasteiger partial charge in [-0.1, -0.05) is 30.3 Å². The Kier molecular flexibility index (Phi) is 4.29. The quantitative estimate of drug-likeness (QED) is 0.737. The van der Waals surface area contributed by atoms with E-state index in [2.05, 4.69) is 9.84 Å². The van der Waals surface area contributed by atoms with E-state index in [-0.39, 0.29) is 22.7 Å². The van der Waals surface area contributed by atoms with Gasteiger partial charge in [-0.05, 0) is 23.8 Å². The van der Waals surface area contributed by atoms with Gasteiger partial charge in [0.25, 0.3) is 0 Å². The Labute approximate surface area is 145 Å². The molecular weight excluding hydrogens is 351 g/mol. The zero-order valence-corrected chi connectivity index (χ0v) is 13.1. The number of alkyl halides is 3. The van der Waals surface area contributed by atoms with E-state index in [0.29, 0.717) is 11.3 Å². The number of nitrogen functional groups attached to an aromatic ring is 1. The first-order valence-electron chi connectivity index (χ1n) is 7.28. The van der Waals surface area contributed by atoms with Gasteiger partial charge in [-0.2, -0.15) is 0 Å². The highest BCUT2D eigenvalue weighted by atomic mass is 19.4. The molecule has 9 heteroatoms. The second-order valence-corrected chi connectivity index (χ2v) is 5.27. The highest BCUT2D eigenvalue weighted by Gasteiger charge is 2.32. The van der Waals surface area contributed by atoms with Crippen LogP contribution in [0.4, 0.5) is 19.0 Å². The summed E-state index contributed by atoms with van der Waals surface area (Å²) in [6.07, 6.45) is -3.59. The molecule has 0 saturated heterocycles. The largest absolute Gasteiger partial charge is 0.573 e. The molecule has 6 nitrogen and oxygen atoms in total. The first-order valence-corrected chi connectivity index (χ1v) is 7.28. The van der Waals surface area contributed by atoms with Crippen molar-refractivity contribution in [3.05, 3.63) is 60.3 Å². The molecule has 0 amide bonds. The number of carboxylic acids is 1. The lowest BCUT2D eigenvalue weighted by Crippen LogP contribution is -2.17. The van der Waals surface area contributed by atoms with Crippen LogP contribution in [0.25, 0.3) is 16.8 Å². The van der Waals surface area contributed by atoms with Crippen molar-refractivity contribution in [2.75, 3.05) is 5.73 Å². The van der Waals surface area contributed by atoms with Gasteiger partial charge in [-0.25, -0.2) is 9.48 Å². The smallest absolute Gasteiger partial charge is 0.477 e. The summed E-state index contributed by atoms with van der Waals surface area (Å²) in [5.74, 6) is -1.74. The summed E-state index contributed by atoms with van der Waals surface area (Å²) in [4.78, 5) is 11.1. The molecule has 0 atom stereocenters. The van der Waals surface area contributed by atoms with Crippen LogP contribution in [0, 0.1) is 0 Å². The van der Waals surface area contributed by atoms with Gasteiger partial charge in [-0.3, -0.25) is 0 Å². The standard InChI is InChI=1S/C17H12F3N3O3/c18-17(19,20)26-14-7-2-1-6-12(14)10-4-3-5-11(8-10)23-9-13(16(24)25)15(21)22-23/h1-9H,(H2,21,22)(H,24,25). The van der Waals surface area contributed by atoms with Gasteiger partial charge in [0.05, 0.1) is 5.69 Å². The van der Waals surface area contributed by atoms with E-state index in [1.807, 2.05) is 0 Å². The van der Waals surface area contributed by atoms with Gasteiger partial charge in [-0.15, -0.1) is 18.3 Å². The number of benzene rings is 2. The average Bonchev–Trinajstić information content (AvgIpc) is 2.96. The zero-order valence-electron chi connectivity index (χ0n) is 13.1. The summed E-state index contributed by atoms with van der Waals surface area (Å²) in [7, 11) is 0. The van der Waals surface area contributed by atoms with Crippen LogP contribution in [-0.4, -0.2) is 27.2 Å². The predicted octanol–water partition coefficient (Wildman–Crippen LogP) is 3.72. The first-order chi connectivity index (χ1) is 12.2.